The van der Waals surface area contributed by atoms with E-state index in [4.69, 9.17) is 0 Å². The minimum absolute atomic E-state index is 0.188. The van der Waals surface area contributed by atoms with Gasteiger partial charge in [0, 0.05) is 38.6 Å². The quantitative estimate of drug-likeness (QED) is 0.612. The van der Waals surface area contributed by atoms with Gasteiger partial charge in [-0.15, -0.1) is 0 Å². The summed E-state index contributed by atoms with van der Waals surface area (Å²) < 4.78 is 40.9. The molecule has 0 spiro atoms. The smallest absolute Gasteiger partial charge is 0.341 e. The number of halogens is 3. The maximum absolute atomic E-state index is 12.7. The molecule has 0 unspecified atom stereocenters. The Morgan fingerprint density at radius 1 is 0.966 bits per heavy atom. The zero-order valence-electron chi connectivity index (χ0n) is 15.6. The molecular weight excluding hydrogens is 387 g/mol. The molecule has 152 valence electrons. The highest BCUT2D eigenvalue weighted by Crippen LogP contribution is 2.30. The van der Waals surface area contributed by atoms with Crippen molar-refractivity contribution in [2.75, 3.05) is 18.0 Å². The highest BCUT2D eigenvalue weighted by molar-refractivity contribution is 5.75. The van der Waals surface area contributed by atoms with Crippen molar-refractivity contribution in [3.63, 3.8) is 0 Å². The average molecular weight is 405 g/mol. The lowest BCUT2D eigenvalue weighted by Crippen LogP contribution is -2.45. The Kier molecular flexibility index (Phi) is 4.64. The number of anilines is 1. The lowest BCUT2D eigenvalue weighted by atomic mass is 10.0. The van der Waals surface area contributed by atoms with Crippen LogP contribution in [0.25, 0.3) is 11.0 Å². The zero-order valence-corrected chi connectivity index (χ0v) is 15.6. The normalized spacial score (nSPS) is 15.8. The Balaban J connectivity index is 1.60. The number of para-hydroxylation sites is 2. The van der Waals surface area contributed by atoms with Crippen molar-refractivity contribution in [1.82, 2.24) is 19.1 Å². The van der Waals surface area contributed by atoms with Crippen LogP contribution in [-0.2, 0) is 13.2 Å². The zero-order chi connectivity index (χ0) is 20.8. The number of fused-ring (bicyclic) bond motifs is 1. The fourth-order valence-electron chi connectivity index (χ4n) is 3.73. The fourth-order valence-corrected chi connectivity index (χ4v) is 3.73. The van der Waals surface area contributed by atoms with Gasteiger partial charge >= 0.3 is 17.3 Å². The van der Waals surface area contributed by atoms with Crippen molar-refractivity contribution in [2.24, 2.45) is 7.05 Å². The molecule has 0 atom stereocenters. The number of rotatable bonds is 2. The predicted molar refractivity (Wildman–Crippen MR) is 101 cm³/mol. The van der Waals surface area contributed by atoms with Gasteiger partial charge in [-0.3, -0.25) is 14.2 Å². The summed E-state index contributed by atoms with van der Waals surface area (Å²) in [7, 11) is 1.57. The third-order valence-electron chi connectivity index (χ3n) is 5.29. The standard InChI is InChI=1S/C19H18F3N5O2/c1-25-14-4-2-3-5-15(14)27(17(29)16(25)28)13-6-8-26(9-7-13)18-23-10-12(11-24-18)19(20,21)22/h2-5,10-11,13H,6-9H2,1H3. The number of benzene rings is 1. The number of hydrogen-bond acceptors (Lipinski definition) is 5. The lowest BCUT2D eigenvalue weighted by Gasteiger charge is -2.33. The maximum Gasteiger partial charge on any atom is 0.419 e. The maximum atomic E-state index is 12.7. The van der Waals surface area contributed by atoms with Crippen molar-refractivity contribution in [2.45, 2.75) is 25.1 Å². The van der Waals surface area contributed by atoms with E-state index in [2.05, 4.69) is 9.97 Å². The van der Waals surface area contributed by atoms with E-state index in [9.17, 15) is 22.8 Å². The molecule has 1 saturated heterocycles. The van der Waals surface area contributed by atoms with Crippen LogP contribution >= 0.6 is 0 Å². The first-order valence-corrected chi connectivity index (χ1v) is 9.12. The van der Waals surface area contributed by atoms with Gasteiger partial charge in [0.05, 0.1) is 16.6 Å². The first kappa shape index (κ1) is 19.2. The molecule has 0 radical (unpaired) electrons. The average Bonchev–Trinajstić information content (AvgIpc) is 2.72. The molecule has 0 saturated carbocycles. The van der Waals surface area contributed by atoms with E-state index < -0.39 is 22.9 Å². The third kappa shape index (κ3) is 3.39. The van der Waals surface area contributed by atoms with Gasteiger partial charge < -0.3 is 9.47 Å². The molecule has 10 heteroatoms. The van der Waals surface area contributed by atoms with E-state index in [-0.39, 0.29) is 12.0 Å². The van der Waals surface area contributed by atoms with Crippen molar-refractivity contribution < 1.29 is 13.2 Å². The molecule has 29 heavy (non-hydrogen) atoms. The van der Waals surface area contributed by atoms with Gasteiger partial charge in [-0.05, 0) is 25.0 Å². The van der Waals surface area contributed by atoms with Crippen LogP contribution in [-0.4, -0.2) is 32.2 Å². The van der Waals surface area contributed by atoms with Crippen LogP contribution in [0.1, 0.15) is 24.4 Å². The highest BCUT2D eigenvalue weighted by atomic mass is 19.4. The number of hydrogen-bond donors (Lipinski definition) is 0. The number of aryl methyl sites for hydroxylation is 1. The Morgan fingerprint density at radius 3 is 2.14 bits per heavy atom. The van der Waals surface area contributed by atoms with Gasteiger partial charge in [-0.2, -0.15) is 13.2 Å². The van der Waals surface area contributed by atoms with Crippen molar-refractivity contribution in [3.05, 3.63) is 62.9 Å². The van der Waals surface area contributed by atoms with E-state index >= 15 is 0 Å². The summed E-state index contributed by atoms with van der Waals surface area (Å²) in [6.07, 6.45) is -1.85. The summed E-state index contributed by atoms with van der Waals surface area (Å²) in [6, 6.07) is 7.03. The van der Waals surface area contributed by atoms with E-state index in [1.165, 1.54) is 4.57 Å². The Bertz CT molecular complexity index is 1160. The first-order chi connectivity index (χ1) is 13.8. The molecule has 4 rings (SSSR count). The summed E-state index contributed by atoms with van der Waals surface area (Å²) in [4.78, 5) is 34.5. The van der Waals surface area contributed by atoms with Gasteiger partial charge in [0.15, 0.2) is 0 Å². The van der Waals surface area contributed by atoms with Gasteiger partial charge in [0.25, 0.3) is 0 Å². The summed E-state index contributed by atoms with van der Waals surface area (Å²) >= 11 is 0. The third-order valence-corrected chi connectivity index (χ3v) is 5.29. The van der Waals surface area contributed by atoms with Crippen LogP contribution in [0.2, 0.25) is 0 Å². The molecule has 1 aliphatic rings. The number of piperidine rings is 1. The minimum atomic E-state index is -4.48. The molecule has 1 aliphatic heterocycles. The molecule has 0 bridgehead atoms. The monoisotopic (exact) mass is 405 g/mol. The molecule has 0 aliphatic carbocycles. The lowest BCUT2D eigenvalue weighted by molar-refractivity contribution is -0.138. The molecule has 0 N–H and O–H groups in total. The second kappa shape index (κ2) is 7.02. The molecule has 1 aromatic carbocycles. The van der Waals surface area contributed by atoms with Crippen LogP contribution < -0.4 is 16.0 Å². The highest BCUT2D eigenvalue weighted by Gasteiger charge is 2.32. The minimum Gasteiger partial charge on any atom is -0.341 e. The summed E-state index contributed by atoms with van der Waals surface area (Å²) in [5, 5.41) is 0. The van der Waals surface area contributed by atoms with Gasteiger partial charge in [0.2, 0.25) is 5.95 Å². The van der Waals surface area contributed by atoms with Gasteiger partial charge in [-0.1, -0.05) is 12.1 Å². The molecule has 1 fully saturated rings. The van der Waals surface area contributed by atoms with E-state index in [0.29, 0.717) is 37.0 Å². The summed E-state index contributed by atoms with van der Waals surface area (Å²) in [5.41, 5.74) is -0.698. The van der Waals surface area contributed by atoms with Crippen molar-refractivity contribution in [1.29, 1.82) is 0 Å². The Morgan fingerprint density at radius 2 is 1.55 bits per heavy atom. The summed E-state index contributed by atoms with van der Waals surface area (Å²) in [5.74, 6) is 0.220. The first-order valence-electron chi connectivity index (χ1n) is 9.12. The SMILES string of the molecule is Cn1c(=O)c(=O)n(C2CCN(c3ncc(C(F)(F)F)cn3)CC2)c2ccccc21. The van der Waals surface area contributed by atoms with Crippen LogP contribution in [0.3, 0.4) is 0 Å². The van der Waals surface area contributed by atoms with Crippen LogP contribution in [0.5, 0.6) is 0 Å². The van der Waals surface area contributed by atoms with Gasteiger partial charge in [-0.25, -0.2) is 9.97 Å². The molecule has 3 heterocycles. The van der Waals surface area contributed by atoms with Gasteiger partial charge in [0.1, 0.15) is 0 Å². The largest absolute Gasteiger partial charge is 0.419 e. The number of aromatic nitrogens is 4. The van der Waals surface area contributed by atoms with E-state index in [0.717, 1.165) is 12.4 Å². The summed E-state index contributed by atoms with van der Waals surface area (Å²) in [6.45, 7) is 0.929. The topological polar surface area (TPSA) is 73.0 Å². The molecule has 3 aromatic rings. The second-order valence-corrected chi connectivity index (χ2v) is 7.02. The van der Waals surface area contributed by atoms with Crippen LogP contribution in [0.4, 0.5) is 19.1 Å². The molecule has 2 aromatic heterocycles. The Hall–Kier alpha value is -3.17. The molecule has 0 amide bonds. The molecular formula is C19H18F3N5O2. The van der Waals surface area contributed by atoms with E-state index in [1.807, 2.05) is 12.1 Å². The number of nitrogens with zero attached hydrogens (tertiary/aromatic N) is 5. The van der Waals surface area contributed by atoms with Crippen molar-refractivity contribution in [3.8, 4) is 0 Å². The fraction of sp³-hybridized carbons (Fsp3) is 0.368. The van der Waals surface area contributed by atoms with Crippen LogP contribution in [0.15, 0.2) is 46.2 Å². The second-order valence-electron chi connectivity index (χ2n) is 7.02. The Labute approximate surface area is 163 Å². The molecule has 7 nitrogen and oxygen atoms in total. The van der Waals surface area contributed by atoms with Crippen LogP contribution in [0, 0.1) is 0 Å². The number of alkyl halides is 3. The predicted octanol–water partition coefficient (Wildman–Crippen LogP) is 2.35. The van der Waals surface area contributed by atoms with Crippen molar-refractivity contribution >= 4 is 17.0 Å². The van der Waals surface area contributed by atoms with E-state index in [1.54, 1.807) is 28.6 Å².